The number of hydrogen-bond donors (Lipinski definition) is 1. The summed E-state index contributed by atoms with van der Waals surface area (Å²) in [7, 11) is 0. The van der Waals surface area contributed by atoms with Crippen LogP contribution < -0.4 is 10.2 Å². The van der Waals surface area contributed by atoms with Crippen LogP contribution in [0.15, 0.2) is 18.3 Å². The van der Waals surface area contributed by atoms with E-state index in [-0.39, 0.29) is 30.2 Å². The number of unbranched alkanes of at least 4 members (excludes halogenated alkanes) is 1. The summed E-state index contributed by atoms with van der Waals surface area (Å²) in [6.45, 7) is 6.04. The number of nitrogens with one attached hydrogen (secondary N) is 1. The minimum absolute atomic E-state index is 0.0359. The second kappa shape index (κ2) is 9.78. The third-order valence-corrected chi connectivity index (χ3v) is 5.95. The number of carbonyl (C=O) groups is 1. The van der Waals surface area contributed by atoms with Gasteiger partial charge in [0.2, 0.25) is 5.91 Å². The highest BCUT2D eigenvalue weighted by atomic mass is 19.4. The van der Waals surface area contributed by atoms with Gasteiger partial charge in [0.25, 0.3) is 0 Å². The van der Waals surface area contributed by atoms with Crippen molar-refractivity contribution in [1.29, 1.82) is 0 Å². The Hall–Kier alpha value is -1.83. The van der Waals surface area contributed by atoms with Crippen molar-refractivity contribution < 1.29 is 18.0 Å². The highest BCUT2D eigenvalue weighted by molar-refractivity contribution is 5.80. The van der Waals surface area contributed by atoms with Crippen LogP contribution in [0.3, 0.4) is 0 Å². The van der Waals surface area contributed by atoms with Crippen molar-refractivity contribution in [3.8, 4) is 0 Å². The van der Waals surface area contributed by atoms with E-state index >= 15 is 0 Å². The van der Waals surface area contributed by atoms with Crippen LogP contribution >= 0.6 is 0 Å². The fourth-order valence-electron chi connectivity index (χ4n) is 4.26. The Kier molecular flexibility index (Phi) is 7.38. The molecule has 8 heteroatoms. The van der Waals surface area contributed by atoms with Crippen molar-refractivity contribution in [2.24, 2.45) is 5.92 Å². The van der Waals surface area contributed by atoms with Gasteiger partial charge in [-0.15, -0.1) is 0 Å². The molecule has 1 unspecified atom stereocenters. The summed E-state index contributed by atoms with van der Waals surface area (Å²) < 4.78 is 40.0. The number of hydrogen-bond acceptors (Lipinski definition) is 4. The number of amides is 1. The molecule has 0 aliphatic carbocycles. The first-order chi connectivity index (χ1) is 13.9. The Labute approximate surface area is 170 Å². The van der Waals surface area contributed by atoms with E-state index in [0.717, 1.165) is 38.5 Å². The van der Waals surface area contributed by atoms with Crippen molar-refractivity contribution in [3.05, 3.63) is 23.9 Å². The van der Waals surface area contributed by atoms with Crippen LogP contribution in [0.2, 0.25) is 0 Å². The summed E-state index contributed by atoms with van der Waals surface area (Å²) in [6, 6.07) is 2.52. The third-order valence-electron chi connectivity index (χ3n) is 5.95. The highest BCUT2D eigenvalue weighted by Gasteiger charge is 2.37. The van der Waals surface area contributed by atoms with Crippen LogP contribution in [0.1, 0.15) is 51.0 Å². The number of halogens is 3. The third kappa shape index (κ3) is 5.84. The number of aromatic nitrogens is 1. The van der Waals surface area contributed by atoms with E-state index in [1.165, 1.54) is 25.1 Å². The van der Waals surface area contributed by atoms with Crippen LogP contribution in [0, 0.1) is 5.92 Å². The molecule has 1 aromatic heterocycles. The average molecular weight is 413 g/mol. The molecule has 5 nitrogen and oxygen atoms in total. The van der Waals surface area contributed by atoms with Gasteiger partial charge in [-0.1, -0.05) is 13.3 Å². The Morgan fingerprint density at radius 1 is 1.24 bits per heavy atom. The van der Waals surface area contributed by atoms with Gasteiger partial charge in [-0.2, -0.15) is 13.2 Å². The first-order valence-corrected chi connectivity index (χ1v) is 10.7. The van der Waals surface area contributed by atoms with E-state index in [0.29, 0.717) is 19.4 Å². The standard InChI is InChI=1S/C21H31F3N4O/c1-2-3-11-27-13-8-17(9-14-27)26-20(29)16-6-5-12-28(15-16)19-18(21(22,23)24)7-4-10-25-19/h4,7,10,16-17H,2-3,5-6,8-9,11-15H2,1H3,(H,26,29). The average Bonchev–Trinajstić information content (AvgIpc) is 2.73. The Balaban J connectivity index is 1.56. The van der Waals surface area contributed by atoms with Crippen molar-refractivity contribution >= 4 is 11.7 Å². The summed E-state index contributed by atoms with van der Waals surface area (Å²) in [5, 5.41) is 3.15. The molecule has 0 radical (unpaired) electrons. The smallest absolute Gasteiger partial charge is 0.355 e. The predicted molar refractivity (Wildman–Crippen MR) is 107 cm³/mol. The Bertz CT molecular complexity index is 674. The van der Waals surface area contributed by atoms with E-state index in [2.05, 4.69) is 22.1 Å². The molecule has 0 bridgehead atoms. The SMILES string of the molecule is CCCCN1CCC(NC(=O)C2CCCN(c3ncccc3C(F)(F)F)C2)CC1. The Morgan fingerprint density at radius 2 is 2.00 bits per heavy atom. The maximum absolute atomic E-state index is 13.3. The fraction of sp³-hybridized carbons (Fsp3) is 0.714. The van der Waals surface area contributed by atoms with E-state index in [1.54, 1.807) is 4.90 Å². The minimum Gasteiger partial charge on any atom is -0.355 e. The molecule has 0 aromatic carbocycles. The zero-order valence-electron chi connectivity index (χ0n) is 17.0. The molecule has 1 atom stereocenters. The summed E-state index contributed by atoms with van der Waals surface area (Å²) in [6.07, 6.45) is 2.55. The molecular weight excluding hydrogens is 381 g/mol. The van der Waals surface area contributed by atoms with E-state index in [4.69, 9.17) is 0 Å². The lowest BCUT2D eigenvalue weighted by Gasteiger charge is -2.36. The molecule has 3 rings (SSSR count). The number of carbonyl (C=O) groups excluding carboxylic acids is 1. The van der Waals surface area contributed by atoms with Crippen molar-refractivity contribution in [3.63, 3.8) is 0 Å². The summed E-state index contributed by atoms with van der Waals surface area (Å²) in [4.78, 5) is 20.8. The maximum Gasteiger partial charge on any atom is 0.419 e. The summed E-state index contributed by atoms with van der Waals surface area (Å²) >= 11 is 0. The number of alkyl halides is 3. The van der Waals surface area contributed by atoms with Crippen molar-refractivity contribution in [1.82, 2.24) is 15.2 Å². The van der Waals surface area contributed by atoms with Gasteiger partial charge in [-0.05, 0) is 50.8 Å². The molecule has 162 valence electrons. The van der Waals surface area contributed by atoms with Gasteiger partial charge in [0.15, 0.2) is 0 Å². The van der Waals surface area contributed by atoms with Crippen molar-refractivity contribution in [2.45, 2.75) is 57.7 Å². The first kappa shape index (κ1) is 21.9. The summed E-state index contributed by atoms with van der Waals surface area (Å²) in [5.41, 5.74) is -0.736. The van der Waals surface area contributed by atoms with Gasteiger partial charge in [0, 0.05) is 38.4 Å². The largest absolute Gasteiger partial charge is 0.419 e. The number of rotatable bonds is 6. The number of likely N-dealkylation sites (tertiary alicyclic amines) is 1. The van der Waals surface area contributed by atoms with Gasteiger partial charge in [-0.3, -0.25) is 4.79 Å². The van der Waals surface area contributed by atoms with Crippen LogP contribution in [0.4, 0.5) is 19.0 Å². The van der Waals surface area contributed by atoms with Crippen molar-refractivity contribution in [2.75, 3.05) is 37.6 Å². The fourth-order valence-corrected chi connectivity index (χ4v) is 4.26. The molecule has 2 aliphatic rings. The quantitative estimate of drug-likeness (QED) is 0.774. The normalized spacial score (nSPS) is 21.9. The van der Waals surface area contributed by atoms with Gasteiger partial charge in [-0.25, -0.2) is 4.98 Å². The van der Waals surface area contributed by atoms with Crippen LogP contribution in [-0.4, -0.2) is 54.6 Å². The van der Waals surface area contributed by atoms with Gasteiger partial charge in [0.1, 0.15) is 5.82 Å². The van der Waals surface area contributed by atoms with E-state index in [9.17, 15) is 18.0 Å². The second-order valence-electron chi connectivity index (χ2n) is 8.14. The molecule has 2 aliphatic heterocycles. The van der Waals surface area contributed by atoms with Gasteiger partial charge < -0.3 is 15.1 Å². The monoisotopic (exact) mass is 412 g/mol. The van der Waals surface area contributed by atoms with E-state index in [1.807, 2.05) is 0 Å². The zero-order chi connectivity index (χ0) is 20.9. The maximum atomic E-state index is 13.3. The van der Waals surface area contributed by atoms with Crippen LogP contribution in [0.5, 0.6) is 0 Å². The molecule has 3 heterocycles. The molecular formula is C21H31F3N4O. The number of pyridine rings is 1. The molecule has 1 aromatic rings. The number of nitrogens with zero attached hydrogens (tertiary/aromatic N) is 3. The summed E-state index contributed by atoms with van der Waals surface area (Å²) in [5.74, 6) is -0.405. The molecule has 0 saturated carbocycles. The van der Waals surface area contributed by atoms with Crippen LogP contribution in [-0.2, 0) is 11.0 Å². The number of anilines is 1. The lowest BCUT2D eigenvalue weighted by atomic mass is 9.95. The topological polar surface area (TPSA) is 48.5 Å². The molecule has 29 heavy (non-hydrogen) atoms. The lowest BCUT2D eigenvalue weighted by Crippen LogP contribution is -2.49. The first-order valence-electron chi connectivity index (χ1n) is 10.7. The molecule has 1 N–H and O–H groups in total. The van der Waals surface area contributed by atoms with Crippen LogP contribution in [0.25, 0.3) is 0 Å². The molecule has 2 fully saturated rings. The minimum atomic E-state index is -4.45. The zero-order valence-corrected chi connectivity index (χ0v) is 17.0. The predicted octanol–water partition coefficient (Wildman–Crippen LogP) is 3.70. The van der Waals surface area contributed by atoms with Gasteiger partial charge in [0.05, 0.1) is 11.5 Å². The Morgan fingerprint density at radius 3 is 2.69 bits per heavy atom. The molecule has 1 amide bonds. The highest BCUT2D eigenvalue weighted by Crippen LogP contribution is 2.36. The number of piperidine rings is 2. The second-order valence-corrected chi connectivity index (χ2v) is 8.14. The lowest BCUT2D eigenvalue weighted by molar-refractivity contribution is -0.137. The molecule has 0 spiro atoms. The van der Waals surface area contributed by atoms with E-state index < -0.39 is 11.7 Å². The molecule has 2 saturated heterocycles. The van der Waals surface area contributed by atoms with Gasteiger partial charge >= 0.3 is 6.18 Å².